The molecule has 0 radical (unpaired) electrons. The normalized spacial score (nSPS) is 17.0. The highest BCUT2D eigenvalue weighted by atomic mass is 19.1. The van der Waals surface area contributed by atoms with Crippen molar-refractivity contribution in [2.45, 2.75) is 38.7 Å². The van der Waals surface area contributed by atoms with Crippen molar-refractivity contribution in [3.63, 3.8) is 0 Å². The molecule has 1 N–H and O–H groups in total. The highest BCUT2D eigenvalue weighted by Gasteiger charge is 2.29. The Kier molecular flexibility index (Phi) is 4.48. The molecule has 1 aromatic carbocycles. The van der Waals surface area contributed by atoms with Gasteiger partial charge in [-0.15, -0.1) is 0 Å². The Labute approximate surface area is 145 Å². The molecule has 0 fully saturated rings. The number of benzene rings is 1. The predicted molar refractivity (Wildman–Crippen MR) is 91.8 cm³/mol. The quantitative estimate of drug-likeness (QED) is 0.930. The van der Waals surface area contributed by atoms with E-state index in [1.165, 1.54) is 12.1 Å². The number of hydrogen-bond donors (Lipinski definition) is 1. The highest BCUT2D eigenvalue weighted by Crippen LogP contribution is 2.20. The van der Waals surface area contributed by atoms with Gasteiger partial charge in [-0.2, -0.15) is 0 Å². The summed E-state index contributed by atoms with van der Waals surface area (Å²) in [5.41, 5.74) is 1.47. The first-order valence-corrected chi connectivity index (χ1v) is 7.95. The van der Waals surface area contributed by atoms with E-state index in [0.717, 1.165) is 0 Å². The number of nitrogens with zero attached hydrogens (tertiary/aromatic N) is 3. The lowest BCUT2D eigenvalue weighted by atomic mass is 9.96. The van der Waals surface area contributed by atoms with E-state index in [1.807, 2.05) is 20.8 Å². The van der Waals surface area contributed by atoms with Crippen molar-refractivity contribution < 1.29 is 14.0 Å². The lowest BCUT2D eigenvalue weighted by Gasteiger charge is -2.16. The van der Waals surface area contributed by atoms with E-state index in [-0.39, 0.29) is 23.6 Å². The first kappa shape index (κ1) is 17.0. The average Bonchev–Trinajstić information content (AvgIpc) is 3.05. The molecule has 0 aliphatic carbocycles. The van der Waals surface area contributed by atoms with Gasteiger partial charge in [0.15, 0.2) is 0 Å². The number of aromatic nitrogens is 2. The number of oxime groups is 1. The Morgan fingerprint density at radius 2 is 2.00 bits per heavy atom. The van der Waals surface area contributed by atoms with Gasteiger partial charge in [0, 0.05) is 17.4 Å². The number of halogens is 1. The second-order valence-electron chi connectivity index (χ2n) is 6.88. The molecule has 2 aromatic rings. The molecule has 3 rings (SSSR count). The Bertz CT molecular complexity index is 813. The molecule has 1 amide bonds. The number of carbonyl (C=O) groups excluding carboxylic acids is 1. The average molecular weight is 342 g/mol. The predicted octanol–water partition coefficient (Wildman–Crippen LogP) is 3.04. The van der Waals surface area contributed by atoms with Crippen LogP contribution in [0.3, 0.4) is 0 Å². The van der Waals surface area contributed by atoms with Gasteiger partial charge >= 0.3 is 0 Å². The van der Waals surface area contributed by atoms with E-state index in [1.54, 1.807) is 24.5 Å². The van der Waals surface area contributed by atoms with Crippen LogP contribution in [0.25, 0.3) is 0 Å². The van der Waals surface area contributed by atoms with E-state index < -0.39 is 6.10 Å². The number of carbonyl (C=O) groups is 1. The van der Waals surface area contributed by atoms with Crippen molar-refractivity contribution in [1.29, 1.82) is 0 Å². The minimum Gasteiger partial charge on any atom is -0.382 e. The molecule has 7 heteroatoms. The van der Waals surface area contributed by atoms with Gasteiger partial charge in [-0.3, -0.25) is 4.79 Å². The van der Waals surface area contributed by atoms with E-state index in [4.69, 9.17) is 4.84 Å². The lowest BCUT2D eigenvalue weighted by Crippen LogP contribution is -2.28. The van der Waals surface area contributed by atoms with Gasteiger partial charge in [0.2, 0.25) is 6.10 Å². The molecular formula is C18H19FN4O2. The third kappa shape index (κ3) is 3.99. The smallest absolute Gasteiger partial charge is 0.268 e. The molecule has 0 bridgehead atoms. The molecule has 0 unspecified atom stereocenters. The fourth-order valence-corrected chi connectivity index (χ4v) is 2.36. The van der Waals surface area contributed by atoms with Crippen LogP contribution in [0.15, 0.2) is 41.8 Å². The number of rotatable bonds is 3. The van der Waals surface area contributed by atoms with Crippen molar-refractivity contribution >= 4 is 17.3 Å². The summed E-state index contributed by atoms with van der Waals surface area (Å²) < 4.78 is 13.3. The fraction of sp³-hybridized carbons (Fsp3) is 0.333. The first-order valence-electron chi connectivity index (χ1n) is 7.95. The monoisotopic (exact) mass is 342 g/mol. The summed E-state index contributed by atoms with van der Waals surface area (Å²) in [5.74, 6) is -0.00853. The van der Waals surface area contributed by atoms with Crippen LogP contribution in [-0.2, 0) is 15.0 Å². The van der Waals surface area contributed by atoms with Crippen molar-refractivity contribution in [3.8, 4) is 0 Å². The zero-order chi connectivity index (χ0) is 18.0. The maximum absolute atomic E-state index is 13.3. The standard InChI is InChI=1S/C18H19FN4O2/c1-18(2,3)17-20-9-13(10-21-17)22-16(24)15-8-14(23-25-15)11-5-4-6-12(19)7-11/h4-7,9-10,15H,8H2,1-3H3,(H,22,24)/t15-/m1/s1. The highest BCUT2D eigenvalue weighted by molar-refractivity contribution is 6.06. The summed E-state index contributed by atoms with van der Waals surface area (Å²) in [6, 6.07) is 6.03. The molecule has 0 saturated carbocycles. The van der Waals surface area contributed by atoms with Crippen LogP contribution in [0.2, 0.25) is 0 Å². The molecule has 6 nitrogen and oxygen atoms in total. The summed E-state index contributed by atoms with van der Waals surface area (Å²) in [4.78, 5) is 26.0. The van der Waals surface area contributed by atoms with Crippen molar-refractivity contribution in [2.24, 2.45) is 5.16 Å². The van der Waals surface area contributed by atoms with Crippen molar-refractivity contribution in [2.75, 3.05) is 5.32 Å². The number of amides is 1. The third-order valence-electron chi connectivity index (χ3n) is 3.71. The van der Waals surface area contributed by atoms with Gasteiger partial charge in [-0.05, 0) is 12.1 Å². The minimum atomic E-state index is -0.763. The Balaban J connectivity index is 1.62. The fourth-order valence-electron chi connectivity index (χ4n) is 2.36. The van der Waals surface area contributed by atoms with Gasteiger partial charge in [0.25, 0.3) is 5.91 Å². The van der Waals surface area contributed by atoms with Crippen LogP contribution in [-0.4, -0.2) is 27.7 Å². The van der Waals surface area contributed by atoms with Crippen LogP contribution in [0.5, 0.6) is 0 Å². The maximum atomic E-state index is 13.3. The molecule has 1 aromatic heterocycles. The molecule has 1 aliphatic heterocycles. The van der Waals surface area contributed by atoms with Gasteiger partial charge in [-0.1, -0.05) is 38.1 Å². The van der Waals surface area contributed by atoms with Gasteiger partial charge in [0.1, 0.15) is 11.6 Å². The summed E-state index contributed by atoms with van der Waals surface area (Å²) in [6.45, 7) is 6.04. The molecule has 1 aliphatic rings. The van der Waals surface area contributed by atoms with Crippen LogP contribution in [0.4, 0.5) is 10.1 Å². The maximum Gasteiger partial charge on any atom is 0.268 e. The summed E-state index contributed by atoms with van der Waals surface area (Å²) >= 11 is 0. The van der Waals surface area contributed by atoms with E-state index in [9.17, 15) is 9.18 Å². The van der Waals surface area contributed by atoms with Crippen LogP contribution >= 0.6 is 0 Å². The number of nitrogens with one attached hydrogen (secondary N) is 1. The van der Waals surface area contributed by atoms with Crippen LogP contribution in [0, 0.1) is 5.82 Å². The zero-order valence-electron chi connectivity index (χ0n) is 14.3. The Morgan fingerprint density at radius 1 is 1.28 bits per heavy atom. The first-order chi connectivity index (χ1) is 11.8. The SMILES string of the molecule is CC(C)(C)c1ncc(NC(=O)[C@H]2CC(c3cccc(F)c3)=NO2)cn1. The minimum absolute atomic E-state index is 0.162. The zero-order valence-corrected chi connectivity index (χ0v) is 14.3. The van der Waals surface area contributed by atoms with E-state index in [0.29, 0.717) is 22.8 Å². The second-order valence-corrected chi connectivity index (χ2v) is 6.88. The topological polar surface area (TPSA) is 76.5 Å². The largest absolute Gasteiger partial charge is 0.382 e. The van der Waals surface area contributed by atoms with Gasteiger partial charge in [0.05, 0.1) is 23.8 Å². The molecule has 130 valence electrons. The van der Waals surface area contributed by atoms with Crippen molar-refractivity contribution in [1.82, 2.24) is 9.97 Å². The van der Waals surface area contributed by atoms with E-state index in [2.05, 4.69) is 20.4 Å². The molecule has 25 heavy (non-hydrogen) atoms. The summed E-state index contributed by atoms with van der Waals surface area (Å²) in [5, 5.41) is 6.61. The van der Waals surface area contributed by atoms with Crippen molar-refractivity contribution in [3.05, 3.63) is 53.9 Å². The summed E-state index contributed by atoms with van der Waals surface area (Å²) in [6.07, 6.45) is 2.64. The van der Waals surface area contributed by atoms with Crippen LogP contribution in [0.1, 0.15) is 38.6 Å². The molecule has 2 heterocycles. The van der Waals surface area contributed by atoms with Gasteiger partial charge < -0.3 is 10.2 Å². The number of anilines is 1. The molecular weight excluding hydrogens is 323 g/mol. The summed E-state index contributed by atoms with van der Waals surface area (Å²) in [7, 11) is 0. The molecule has 1 atom stereocenters. The number of hydrogen-bond acceptors (Lipinski definition) is 5. The Hall–Kier alpha value is -2.83. The second kappa shape index (κ2) is 6.58. The van der Waals surface area contributed by atoms with Crippen LogP contribution < -0.4 is 5.32 Å². The van der Waals surface area contributed by atoms with Gasteiger partial charge in [-0.25, -0.2) is 14.4 Å². The van der Waals surface area contributed by atoms with E-state index >= 15 is 0 Å². The lowest BCUT2D eigenvalue weighted by molar-refractivity contribution is -0.125. The third-order valence-corrected chi connectivity index (χ3v) is 3.71. The molecule has 0 saturated heterocycles. The Morgan fingerprint density at radius 3 is 2.64 bits per heavy atom. The molecule has 0 spiro atoms.